The first kappa shape index (κ1) is 42.4. The second-order valence-electron chi connectivity index (χ2n) is 13.3. The minimum Gasteiger partial charge on any atom is -0.459 e. The van der Waals surface area contributed by atoms with E-state index in [9.17, 15) is 20.1 Å². The summed E-state index contributed by atoms with van der Waals surface area (Å²) in [6.07, 6.45) is 6.52. The highest BCUT2D eigenvalue weighted by molar-refractivity contribution is 5.98. The average Bonchev–Trinajstić information content (AvgIpc) is 3.31. The number of carbonyl (C=O) groups is 2. The average molecular weight is 803 g/mol. The molecule has 9 heteroatoms. The maximum Gasteiger partial charge on any atom is 0.348 e. The summed E-state index contributed by atoms with van der Waals surface area (Å²) in [5.74, 6) is -1.58. The van der Waals surface area contributed by atoms with Gasteiger partial charge in [-0.25, -0.2) is 9.59 Å². The van der Waals surface area contributed by atoms with Gasteiger partial charge in [0.1, 0.15) is 36.5 Å². The van der Waals surface area contributed by atoms with Crippen LogP contribution in [-0.2, 0) is 23.8 Å². The number of hydrogen-bond donors (Lipinski definition) is 0. The Hall–Kier alpha value is -8.24. The van der Waals surface area contributed by atoms with Crippen molar-refractivity contribution in [3.05, 3.63) is 204 Å². The molecule has 0 aliphatic heterocycles. The van der Waals surface area contributed by atoms with Gasteiger partial charge in [-0.15, -0.1) is 0 Å². The molecule has 0 heterocycles. The SMILES string of the molecule is C=Cc1ccc(N(c2ccccc2)c2ccc(C=C(C#N)C(=O)OCCOCCOC(=O)C(C#N)=Cc3ccc(N(c4ccccc4)c4ccc(C=C)cc4)cc3)cc2)cc1. The Morgan fingerprint density at radius 2 is 0.738 bits per heavy atom. The van der Waals surface area contributed by atoms with Crippen LogP contribution in [0, 0.1) is 22.7 Å². The van der Waals surface area contributed by atoms with E-state index in [-0.39, 0.29) is 37.6 Å². The molecule has 0 bridgehead atoms. The first-order chi connectivity index (χ1) is 29.9. The molecule has 300 valence electrons. The number of hydrogen-bond acceptors (Lipinski definition) is 9. The standard InChI is InChI=1S/C52H42N4O5/c1-3-39-15-23-47(24-16-39)55(45-11-7-5-8-12-45)49-27-19-41(20-28-49)35-43(37-53)51(57)60-33-31-59-32-34-61-52(58)44(38-54)36-42-21-29-50(30-22-42)56(46-13-9-6-10-14-46)48-25-17-40(4-2)18-26-48/h3-30,35-36H,1-2,31-34H2. The summed E-state index contributed by atoms with van der Waals surface area (Å²) >= 11 is 0. The van der Waals surface area contributed by atoms with Crippen LogP contribution in [0.2, 0.25) is 0 Å². The van der Waals surface area contributed by atoms with Crippen molar-refractivity contribution in [3.8, 4) is 12.1 Å². The molecular weight excluding hydrogens is 761 g/mol. The number of para-hydroxylation sites is 2. The van der Waals surface area contributed by atoms with Crippen molar-refractivity contribution >= 4 is 70.4 Å². The van der Waals surface area contributed by atoms with Gasteiger partial charge in [-0.05, 0) is 107 Å². The number of esters is 2. The van der Waals surface area contributed by atoms with E-state index in [1.807, 2.05) is 170 Å². The lowest BCUT2D eigenvalue weighted by Gasteiger charge is -2.25. The lowest BCUT2D eigenvalue weighted by atomic mass is 10.1. The molecule has 0 atom stereocenters. The summed E-state index contributed by atoms with van der Waals surface area (Å²) in [7, 11) is 0. The highest BCUT2D eigenvalue weighted by atomic mass is 16.6. The summed E-state index contributed by atoms with van der Waals surface area (Å²) in [4.78, 5) is 29.6. The molecule has 0 aromatic heterocycles. The van der Waals surface area contributed by atoms with Gasteiger partial charge in [0, 0.05) is 34.1 Å². The Bertz CT molecular complexity index is 2390. The van der Waals surface area contributed by atoms with Crippen LogP contribution in [0.5, 0.6) is 0 Å². The molecule has 0 fully saturated rings. The lowest BCUT2D eigenvalue weighted by molar-refractivity contribution is -0.141. The normalized spacial score (nSPS) is 11.0. The smallest absolute Gasteiger partial charge is 0.348 e. The van der Waals surface area contributed by atoms with Gasteiger partial charge in [0.25, 0.3) is 0 Å². The minimum absolute atomic E-state index is 0.00545. The van der Waals surface area contributed by atoms with Crippen LogP contribution in [0.3, 0.4) is 0 Å². The molecule has 0 radical (unpaired) electrons. The van der Waals surface area contributed by atoms with Crippen molar-refractivity contribution in [3.63, 3.8) is 0 Å². The fraction of sp³-hybridized carbons (Fsp3) is 0.0769. The maximum atomic E-state index is 12.7. The Morgan fingerprint density at radius 3 is 1.03 bits per heavy atom. The quantitative estimate of drug-likeness (QED) is 0.0362. The van der Waals surface area contributed by atoms with Crippen molar-refractivity contribution < 1.29 is 23.8 Å². The van der Waals surface area contributed by atoms with E-state index in [0.29, 0.717) is 11.1 Å². The van der Waals surface area contributed by atoms with E-state index < -0.39 is 11.9 Å². The molecular formula is C52H42N4O5. The topological polar surface area (TPSA) is 116 Å². The summed E-state index contributed by atoms with van der Waals surface area (Å²) < 4.78 is 16.0. The zero-order chi connectivity index (χ0) is 42.8. The molecule has 6 rings (SSSR count). The van der Waals surface area contributed by atoms with E-state index in [0.717, 1.165) is 45.3 Å². The van der Waals surface area contributed by atoms with Gasteiger partial charge in [0.05, 0.1) is 13.2 Å². The molecule has 6 aromatic rings. The van der Waals surface area contributed by atoms with Gasteiger partial charge in [-0.3, -0.25) is 0 Å². The van der Waals surface area contributed by atoms with E-state index >= 15 is 0 Å². The molecule has 0 aliphatic carbocycles. The molecule has 61 heavy (non-hydrogen) atoms. The third kappa shape index (κ3) is 11.5. The highest BCUT2D eigenvalue weighted by Gasteiger charge is 2.16. The van der Waals surface area contributed by atoms with Crippen LogP contribution in [0.15, 0.2) is 182 Å². The summed E-state index contributed by atoms with van der Waals surface area (Å²) in [5.41, 5.74) is 8.63. The molecule has 0 saturated carbocycles. The molecule has 6 aromatic carbocycles. The van der Waals surface area contributed by atoms with Crippen molar-refractivity contribution in [2.24, 2.45) is 0 Å². The van der Waals surface area contributed by atoms with Gasteiger partial charge in [-0.1, -0.05) is 110 Å². The number of carbonyl (C=O) groups excluding carboxylic acids is 2. The van der Waals surface area contributed by atoms with Gasteiger partial charge in [0.15, 0.2) is 0 Å². The van der Waals surface area contributed by atoms with Crippen molar-refractivity contribution in [2.45, 2.75) is 0 Å². The van der Waals surface area contributed by atoms with Crippen LogP contribution in [-0.4, -0.2) is 38.4 Å². The first-order valence-electron chi connectivity index (χ1n) is 19.4. The molecule has 9 nitrogen and oxygen atoms in total. The van der Waals surface area contributed by atoms with Crippen LogP contribution < -0.4 is 9.80 Å². The third-order valence-electron chi connectivity index (χ3n) is 9.33. The van der Waals surface area contributed by atoms with Crippen molar-refractivity contribution in [1.82, 2.24) is 0 Å². The van der Waals surface area contributed by atoms with Gasteiger partial charge in [-0.2, -0.15) is 10.5 Å². The third-order valence-corrected chi connectivity index (χ3v) is 9.33. The molecule has 0 saturated heterocycles. The summed E-state index contributed by atoms with van der Waals surface area (Å²) in [5, 5.41) is 19.4. The van der Waals surface area contributed by atoms with Crippen LogP contribution in [0.25, 0.3) is 24.3 Å². The zero-order valence-electron chi connectivity index (χ0n) is 33.4. The number of nitrogens with zero attached hydrogens (tertiary/aromatic N) is 4. The Labute approximate surface area is 356 Å². The minimum atomic E-state index is -0.790. The summed E-state index contributed by atoms with van der Waals surface area (Å²) in [6.45, 7) is 7.44. The van der Waals surface area contributed by atoms with Crippen LogP contribution in [0.4, 0.5) is 34.1 Å². The first-order valence-corrected chi connectivity index (χ1v) is 19.4. The zero-order valence-corrected chi connectivity index (χ0v) is 33.4. The molecule has 0 spiro atoms. The van der Waals surface area contributed by atoms with Gasteiger partial charge < -0.3 is 24.0 Å². The number of benzene rings is 6. The number of nitriles is 2. The molecule has 0 N–H and O–H groups in total. The van der Waals surface area contributed by atoms with E-state index in [1.54, 1.807) is 12.2 Å². The fourth-order valence-electron chi connectivity index (χ4n) is 6.26. The van der Waals surface area contributed by atoms with Crippen molar-refractivity contribution in [2.75, 3.05) is 36.2 Å². The monoisotopic (exact) mass is 802 g/mol. The van der Waals surface area contributed by atoms with Crippen LogP contribution >= 0.6 is 0 Å². The second kappa shape index (κ2) is 21.5. The molecule has 0 unspecified atom stereocenters. The molecule has 0 aliphatic rings. The largest absolute Gasteiger partial charge is 0.459 e. The number of rotatable bonds is 18. The van der Waals surface area contributed by atoms with E-state index in [4.69, 9.17) is 14.2 Å². The van der Waals surface area contributed by atoms with E-state index in [2.05, 4.69) is 23.0 Å². The predicted molar refractivity (Wildman–Crippen MR) is 242 cm³/mol. The Balaban J connectivity index is 0.970. The molecule has 0 amide bonds. The predicted octanol–water partition coefficient (Wildman–Crippen LogP) is 11.5. The highest BCUT2D eigenvalue weighted by Crippen LogP contribution is 2.36. The number of anilines is 6. The van der Waals surface area contributed by atoms with E-state index in [1.165, 1.54) is 12.2 Å². The second-order valence-corrected chi connectivity index (χ2v) is 13.3. The summed E-state index contributed by atoms with van der Waals surface area (Å²) in [6, 6.07) is 54.8. The number of ether oxygens (including phenoxy) is 3. The fourth-order valence-corrected chi connectivity index (χ4v) is 6.26. The lowest BCUT2D eigenvalue weighted by Crippen LogP contribution is -2.15. The Morgan fingerprint density at radius 1 is 0.443 bits per heavy atom. The van der Waals surface area contributed by atoms with Gasteiger partial charge >= 0.3 is 11.9 Å². The maximum absolute atomic E-state index is 12.7. The van der Waals surface area contributed by atoms with Gasteiger partial charge in [0.2, 0.25) is 0 Å². The Kier molecular flexibility index (Phi) is 14.9. The van der Waals surface area contributed by atoms with Crippen LogP contribution in [0.1, 0.15) is 22.3 Å². The van der Waals surface area contributed by atoms with Crippen molar-refractivity contribution in [1.29, 1.82) is 10.5 Å².